The predicted octanol–water partition coefficient (Wildman–Crippen LogP) is 0.883. The van der Waals surface area contributed by atoms with E-state index >= 15 is 0 Å². The maximum absolute atomic E-state index is 11.9. The van der Waals surface area contributed by atoms with Crippen molar-refractivity contribution in [2.24, 2.45) is 0 Å². The number of hydrogen-bond acceptors (Lipinski definition) is 4. The summed E-state index contributed by atoms with van der Waals surface area (Å²) >= 11 is 0. The van der Waals surface area contributed by atoms with E-state index in [9.17, 15) is 9.90 Å². The van der Waals surface area contributed by atoms with Gasteiger partial charge in [-0.1, -0.05) is 0 Å². The van der Waals surface area contributed by atoms with Gasteiger partial charge in [-0.2, -0.15) is 0 Å². The molecule has 0 aliphatic carbocycles. The summed E-state index contributed by atoms with van der Waals surface area (Å²) in [7, 11) is 1.51. The lowest BCUT2D eigenvalue weighted by Crippen LogP contribution is -2.37. The third-order valence-electron chi connectivity index (χ3n) is 3.12. The largest absolute Gasteiger partial charge is 0.507 e. The highest BCUT2D eigenvalue weighted by Crippen LogP contribution is 2.23. The van der Waals surface area contributed by atoms with E-state index in [0.29, 0.717) is 18.3 Å². The normalized spacial score (nSPS) is 18.6. The lowest BCUT2D eigenvalue weighted by atomic mass is 10.1. The van der Waals surface area contributed by atoms with E-state index in [1.54, 1.807) is 12.1 Å². The molecule has 1 aromatic rings. The number of benzene rings is 1. The number of carbonyl (C=O) groups excluding carboxylic acids is 1. The Bertz CT molecular complexity index is 428. The van der Waals surface area contributed by atoms with Crippen LogP contribution < -0.4 is 15.4 Å². The van der Waals surface area contributed by atoms with Gasteiger partial charge in [-0.25, -0.2) is 0 Å². The Labute approximate surface area is 106 Å². The van der Waals surface area contributed by atoms with Gasteiger partial charge in [-0.05, 0) is 31.5 Å². The Hall–Kier alpha value is -1.75. The van der Waals surface area contributed by atoms with Crippen molar-refractivity contribution in [1.82, 2.24) is 10.6 Å². The molecule has 0 radical (unpaired) electrons. The van der Waals surface area contributed by atoms with E-state index < -0.39 is 0 Å². The van der Waals surface area contributed by atoms with Crippen LogP contribution in [0.25, 0.3) is 0 Å². The van der Waals surface area contributed by atoms with E-state index in [1.165, 1.54) is 13.2 Å². The Morgan fingerprint density at radius 1 is 1.61 bits per heavy atom. The molecular formula is C13H18N2O3. The second kappa shape index (κ2) is 5.73. The van der Waals surface area contributed by atoms with Crippen LogP contribution >= 0.6 is 0 Å². The zero-order valence-electron chi connectivity index (χ0n) is 10.4. The van der Waals surface area contributed by atoms with Crippen LogP contribution in [-0.4, -0.2) is 37.3 Å². The van der Waals surface area contributed by atoms with Crippen LogP contribution in [0, 0.1) is 0 Å². The number of rotatable bonds is 4. The highest BCUT2D eigenvalue weighted by atomic mass is 16.5. The number of phenols is 1. The lowest BCUT2D eigenvalue weighted by Gasteiger charge is -2.12. The zero-order valence-corrected chi connectivity index (χ0v) is 10.4. The van der Waals surface area contributed by atoms with Crippen LogP contribution in [0.5, 0.6) is 11.5 Å². The number of aromatic hydroxyl groups is 1. The van der Waals surface area contributed by atoms with Crippen molar-refractivity contribution in [2.45, 2.75) is 18.9 Å². The number of amides is 1. The van der Waals surface area contributed by atoms with E-state index in [4.69, 9.17) is 4.74 Å². The average Bonchev–Trinajstić information content (AvgIpc) is 2.88. The van der Waals surface area contributed by atoms with Gasteiger partial charge < -0.3 is 20.5 Å². The minimum absolute atomic E-state index is 0.0637. The highest BCUT2D eigenvalue weighted by Gasteiger charge is 2.17. The van der Waals surface area contributed by atoms with E-state index in [-0.39, 0.29) is 17.2 Å². The molecule has 0 bridgehead atoms. The minimum Gasteiger partial charge on any atom is -0.507 e. The molecule has 1 saturated heterocycles. The van der Waals surface area contributed by atoms with Gasteiger partial charge in [-0.15, -0.1) is 0 Å². The first-order valence-corrected chi connectivity index (χ1v) is 6.09. The van der Waals surface area contributed by atoms with Crippen molar-refractivity contribution < 1.29 is 14.6 Å². The van der Waals surface area contributed by atoms with Crippen molar-refractivity contribution in [3.63, 3.8) is 0 Å². The zero-order chi connectivity index (χ0) is 13.0. The van der Waals surface area contributed by atoms with Gasteiger partial charge >= 0.3 is 0 Å². The second-order valence-electron chi connectivity index (χ2n) is 4.39. The molecule has 0 unspecified atom stereocenters. The monoisotopic (exact) mass is 250 g/mol. The molecule has 0 saturated carbocycles. The maximum atomic E-state index is 11.9. The molecular weight excluding hydrogens is 232 g/mol. The van der Waals surface area contributed by atoms with Gasteiger partial charge in [0, 0.05) is 18.7 Å². The molecule has 1 heterocycles. The molecule has 5 heteroatoms. The summed E-state index contributed by atoms with van der Waals surface area (Å²) in [6.45, 7) is 1.60. The summed E-state index contributed by atoms with van der Waals surface area (Å²) in [5.74, 6) is 0.205. The quantitative estimate of drug-likeness (QED) is 0.742. The fourth-order valence-corrected chi connectivity index (χ4v) is 2.07. The molecule has 1 fully saturated rings. The molecule has 3 N–H and O–H groups in total. The summed E-state index contributed by atoms with van der Waals surface area (Å²) in [5.41, 5.74) is 0.272. The number of nitrogens with one attached hydrogen (secondary N) is 2. The second-order valence-corrected chi connectivity index (χ2v) is 4.39. The number of hydrogen-bond donors (Lipinski definition) is 3. The van der Waals surface area contributed by atoms with Crippen molar-refractivity contribution in [3.8, 4) is 11.5 Å². The van der Waals surface area contributed by atoms with Gasteiger partial charge in [0.2, 0.25) is 0 Å². The number of carbonyl (C=O) groups is 1. The Morgan fingerprint density at radius 2 is 2.44 bits per heavy atom. The summed E-state index contributed by atoms with van der Waals surface area (Å²) < 4.78 is 4.97. The molecule has 1 aliphatic heterocycles. The van der Waals surface area contributed by atoms with Gasteiger partial charge in [-0.3, -0.25) is 4.79 Å². The van der Waals surface area contributed by atoms with Crippen LogP contribution in [-0.2, 0) is 0 Å². The maximum Gasteiger partial charge on any atom is 0.255 e. The first-order chi connectivity index (χ1) is 8.70. The van der Waals surface area contributed by atoms with Crippen LogP contribution in [0.15, 0.2) is 18.2 Å². The third-order valence-corrected chi connectivity index (χ3v) is 3.12. The third kappa shape index (κ3) is 2.92. The highest BCUT2D eigenvalue weighted by molar-refractivity contribution is 5.97. The molecule has 18 heavy (non-hydrogen) atoms. The van der Waals surface area contributed by atoms with Gasteiger partial charge in [0.15, 0.2) is 0 Å². The summed E-state index contributed by atoms with van der Waals surface area (Å²) in [6.07, 6.45) is 2.23. The van der Waals surface area contributed by atoms with Gasteiger partial charge in [0.25, 0.3) is 5.91 Å². The predicted molar refractivity (Wildman–Crippen MR) is 68.0 cm³/mol. The van der Waals surface area contributed by atoms with Crippen LogP contribution in [0.3, 0.4) is 0 Å². The fourth-order valence-electron chi connectivity index (χ4n) is 2.07. The molecule has 1 amide bonds. The van der Waals surface area contributed by atoms with Crippen LogP contribution in [0.1, 0.15) is 23.2 Å². The Morgan fingerprint density at radius 3 is 3.06 bits per heavy atom. The fraction of sp³-hybridized carbons (Fsp3) is 0.462. The summed E-state index contributed by atoms with van der Waals surface area (Å²) in [4.78, 5) is 11.9. The lowest BCUT2D eigenvalue weighted by molar-refractivity contribution is 0.0947. The molecule has 1 aromatic carbocycles. The Kier molecular flexibility index (Phi) is 4.04. The molecule has 0 spiro atoms. The number of phenolic OH excluding ortho intramolecular Hbond substituents is 1. The van der Waals surface area contributed by atoms with Crippen molar-refractivity contribution in [3.05, 3.63) is 23.8 Å². The summed E-state index contributed by atoms with van der Waals surface area (Å²) in [5, 5.41) is 15.8. The molecule has 1 atom stereocenters. The summed E-state index contributed by atoms with van der Waals surface area (Å²) in [6, 6.07) is 4.99. The van der Waals surface area contributed by atoms with Gasteiger partial charge in [0.1, 0.15) is 11.5 Å². The Balaban J connectivity index is 1.95. The van der Waals surface area contributed by atoms with Crippen molar-refractivity contribution in [2.75, 3.05) is 20.2 Å². The molecule has 2 rings (SSSR count). The van der Waals surface area contributed by atoms with Crippen molar-refractivity contribution in [1.29, 1.82) is 0 Å². The SMILES string of the molecule is COc1ccc(C(=O)NC[C@@H]2CCCN2)c(O)c1. The number of ether oxygens (including phenoxy) is 1. The van der Waals surface area contributed by atoms with Crippen LogP contribution in [0.2, 0.25) is 0 Å². The average molecular weight is 250 g/mol. The molecule has 0 aromatic heterocycles. The van der Waals surface area contributed by atoms with E-state index in [0.717, 1.165) is 19.4 Å². The molecule has 5 nitrogen and oxygen atoms in total. The smallest absolute Gasteiger partial charge is 0.255 e. The molecule has 98 valence electrons. The van der Waals surface area contributed by atoms with E-state index in [1.807, 2.05) is 0 Å². The standard InChI is InChI=1S/C13H18N2O3/c1-18-10-4-5-11(12(16)7-10)13(17)15-8-9-3-2-6-14-9/h4-5,7,9,14,16H,2-3,6,8H2,1H3,(H,15,17)/t9-/m0/s1. The van der Waals surface area contributed by atoms with Crippen molar-refractivity contribution >= 4 is 5.91 Å². The first-order valence-electron chi connectivity index (χ1n) is 6.09. The minimum atomic E-state index is -0.260. The first kappa shape index (κ1) is 12.7. The number of methoxy groups -OCH3 is 1. The van der Waals surface area contributed by atoms with E-state index in [2.05, 4.69) is 10.6 Å². The van der Waals surface area contributed by atoms with Crippen LogP contribution in [0.4, 0.5) is 0 Å². The van der Waals surface area contributed by atoms with Gasteiger partial charge in [0.05, 0.1) is 12.7 Å². The molecule has 1 aliphatic rings. The topological polar surface area (TPSA) is 70.6 Å².